The molecule has 9 heteroatoms. The highest BCUT2D eigenvalue weighted by Crippen LogP contribution is 2.27. The molecular weight excluding hydrogens is 409 g/mol. The molecular formula is C20H16FN5OS2. The number of rotatable bonds is 5. The third kappa shape index (κ3) is 4.06. The quantitative estimate of drug-likeness (QED) is 0.465. The summed E-state index contributed by atoms with van der Waals surface area (Å²) in [6, 6.07) is 13.9. The number of thiazole rings is 1. The van der Waals surface area contributed by atoms with Crippen molar-refractivity contribution in [2.45, 2.75) is 11.8 Å². The molecule has 0 aliphatic rings. The van der Waals surface area contributed by atoms with Gasteiger partial charge in [0.05, 0.1) is 17.1 Å². The fraction of sp³-hybridized carbons (Fsp3) is 0.100. The topological polar surface area (TPSA) is 72.7 Å². The molecule has 146 valence electrons. The summed E-state index contributed by atoms with van der Waals surface area (Å²) in [7, 11) is 0. The van der Waals surface area contributed by atoms with Crippen LogP contribution in [0.4, 0.5) is 9.52 Å². The van der Waals surface area contributed by atoms with E-state index < -0.39 is 5.91 Å². The van der Waals surface area contributed by atoms with Crippen LogP contribution in [-0.2, 0) is 0 Å². The first-order valence-electron chi connectivity index (χ1n) is 8.64. The number of nitrogens with one attached hydrogen (secondary N) is 1. The minimum absolute atomic E-state index is 0.190. The molecule has 0 saturated carbocycles. The number of thioether (sulfide) groups is 1. The Morgan fingerprint density at radius 1 is 1.14 bits per heavy atom. The summed E-state index contributed by atoms with van der Waals surface area (Å²) in [6.45, 7) is 1.73. The molecule has 1 N–H and O–H groups in total. The molecule has 0 aliphatic heterocycles. The molecule has 0 radical (unpaired) electrons. The van der Waals surface area contributed by atoms with Crippen LogP contribution in [0, 0.1) is 12.7 Å². The molecule has 1 amide bonds. The number of halogens is 1. The zero-order chi connectivity index (χ0) is 20.4. The zero-order valence-electron chi connectivity index (χ0n) is 15.6. The van der Waals surface area contributed by atoms with E-state index >= 15 is 0 Å². The van der Waals surface area contributed by atoms with Gasteiger partial charge in [0.2, 0.25) is 0 Å². The Kier molecular flexibility index (Phi) is 5.41. The van der Waals surface area contributed by atoms with Gasteiger partial charge in [-0.2, -0.15) is 0 Å². The highest BCUT2D eigenvalue weighted by molar-refractivity contribution is 7.98. The van der Waals surface area contributed by atoms with Crippen LogP contribution in [0.15, 0.2) is 58.8 Å². The van der Waals surface area contributed by atoms with Gasteiger partial charge in [-0.3, -0.25) is 10.1 Å². The molecule has 4 rings (SSSR count). The Balaban J connectivity index is 1.51. The average Bonchev–Trinajstić information content (AvgIpc) is 3.35. The van der Waals surface area contributed by atoms with Crippen molar-refractivity contribution >= 4 is 34.1 Å². The average molecular weight is 426 g/mol. The monoisotopic (exact) mass is 425 g/mol. The molecule has 0 atom stereocenters. The van der Waals surface area contributed by atoms with Crippen LogP contribution in [0.1, 0.15) is 16.2 Å². The first kappa shape index (κ1) is 19.3. The van der Waals surface area contributed by atoms with E-state index in [0.29, 0.717) is 16.5 Å². The number of hydrogen-bond donors (Lipinski definition) is 1. The summed E-state index contributed by atoms with van der Waals surface area (Å²) in [4.78, 5) is 18.3. The molecule has 2 aromatic carbocycles. The van der Waals surface area contributed by atoms with Crippen LogP contribution in [0.2, 0.25) is 0 Å². The maximum Gasteiger partial charge on any atom is 0.279 e. The Morgan fingerprint density at radius 2 is 1.86 bits per heavy atom. The van der Waals surface area contributed by atoms with Gasteiger partial charge in [0.15, 0.2) is 10.8 Å². The molecule has 4 aromatic rings. The van der Waals surface area contributed by atoms with Crippen LogP contribution in [0.5, 0.6) is 0 Å². The first-order valence-corrected chi connectivity index (χ1v) is 10.7. The Bertz CT molecular complexity index is 1150. The molecule has 6 nitrogen and oxygen atoms in total. The summed E-state index contributed by atoms with van der Waals surface area (Å²) < 4.78 is 14.6. The molecule has 0 aliphatic carbocycles. The maximum atomic E-state index is 13.1. The van der Waals surface area contributed by atoms with Crippen molar-refractivity contribution in [3.63, 3.8) is 0 Å². The normalized spacial score (nSPS) is 10.9. The molecule has 0 unspecified atom stereocenters. The Labute approximate surface area is 174 Å². The van der Waals surface area contributed by atoms with Crippen LogP contribution in [0.3, 0.4) is 0 Å². The smallest absolute Gasteiger partial charge is 0.279 e. The van der Waals surface area contributed by atoms with Gasteiger partial charge in [-0.15, -0.1) is 28.2 Å². The van der Waals surface area contributed by atoms with E-state index in [1.54, 1.807) is 30.8 Å². The van der Waals surface area contributed by atoms with Crippen molar-refractivity contribution < 1.29 is 9.18 Å². The Morgan fingerprint density at radius 3 is 2.55 bits per heavy atom. The molecule has 0 bridgehead atoms. The lowest BCUT2D eigenvalue weighted by atomic mass is 10.2. The second-order valence-electron chi connectivity index (χ2n) is 6.13. The first-order chi connectivity index (χ1) is 14.0. The standard InChI is InChI=1S/C20H16FN5OS2/c1-12-18(24-25-26(12)15-7-5-14(21)6-8-15)19(27)23-20-22-17(11-29-20)13-3-9-16(28-2)10-4-13/h3-11H,1-2H3,(H,22,23,27). The van der Waals surface area contributed by atoms with Crippen molar-refractivity contribution in [3.8, 4) is 16.9 Å². The van der Waals surface area contributed by atoms with E-state index in [0.717, 1.165) is 11.3 Å². The van der Waals surface area contributed by atoms with Gasteiger partial charge in [-0.25, -0.2) is 14.1 Å². The lowest BCUT2D eigenvalue weighted by Gasteiger charge is -2.03. The zero-order valence-corrected chi connectivity index (χ0v) is 17.2. The number of nitrogens with zero attached hydrogens (tertiary/aromatic N) is 4. The third-order valence-electron chi connectivity index (χ3n) is 4.29. The van der Waals surface area contributed by atoms with Crippen molar-refractivity contribution in [1.29, 1.82) is 0 Å². The molecule has 0 spiro atoms. The molecule has 0 saturated heterocycles. The molecule has 2 aromatic heterocycles. The highest BCUT2D eigenvalue weighted by atomic mass is 32.2. The van der Waals surface area contributed by atoms with E-state index in [-0.39, 0.29) is 11.5 Å². The number of carbonyl (C=O) groups is 1. The maximum absolute atomic E-state index is 13.1. The second kappa shape index (κ2) is 8.14. The fourth-order valence-electron chi connectivity index (χ4n) is 2.75. The molecule has 29 heavy (non-hydrogen) atoms. The van der Waals surface area contributed by atoms with Crippen LogP contribution in [0.25, 0.3) is 16.9 Å². The van der Waals surface area contributed by atoms with Crippen LogP contribution >= 0.6 is 23.1 Å². The van der Waals surface area contributed by atoms with Gasteiger partial charge in [-0.05, 0) is 49.6 Å². The number of aromatic nitrogens is 4. The van der Waals surface area contributed by atoms with Crippen molar-refractivity contribution in [3.05, 3.63) is 71.1 Å². The van der Waals surface area contributed by atoms with Gasteiger partial charge < -0.3 is 0 Å². The van der Waals surface area contributed by atoms with Crippen LogP contribution in [-0.4, -0.2) is 32.1 Å². The number of benzene rings is 2. The van der Waals surface area contributed by atoms with Gasteiger partial charge in [-0.1, -0.05) is 17.3 Å². The van der Waals surface area contributed by atoms with E-state index in [1.165, 1.54) is 33.0 Å². The summed E-state index contributed by atoms with van der Waals surface area (Å²) in [6.07, 6.45) is 2.03. The van der Waals surface area contributed by atoms with Crippen molar-refractivity contribution in [2.24, 2.45) is 0 Å². The minimum atomic E-state index is -0.394. The van der Waals surface area contributed by atoms with Gasteiger partial charge in [0, 0.05) is 15.8 Å². The number of hydrogen-bond acceptors (Lipinski definition) is 6. The minimum Gasteiger partial charge on any atom is -0.296 e. The number of carbonyl (C=O) groups excluding carboxylic acids is 1. The number of amides is 1. The lowest BCUT2D eigenvalue weighted by Crippen LogP contribution is -2.14. The molecule has 2 heterocycles. The lowest BCUT2D eigenvalue weighted by molar-refractivity contribution is 0.102. The molecule has 0 fully saturated rings. The van der Waals surface area contributed by atoms with E-state index in [1.807, 2.05) is 35.9 Å². The summed E-state index contributed by atoms with van der Waals surface area (Å²) in [5.74, 6) is -0.735. The highest BCUT2D eigenvalue weighted by Gasteiger charge is 2.19. The SMILES string of the molecule is CSc1ccc(-c2csc(NC(=O)c3nnn(-c4ccc(F)cc4)c3C)n2)cc1. The summed E-state index contributed by atoms with van der Waals surface area (Å²) in [5.41, 5.74) is 3.15. The van der Waals surface area contributed by atoms with Gasteiger partial charge in [0.25, 0.3) is 5.91 Å². The van der Waals surface area contributed by atoms with Crippen molar-refractivity contribution in [2.75, 3.05) is 11.6 Å². The Hall–Kier alpha value is -3.04. The predicted octanol–water partition coefficient (Wildman–Crippen LogP) is 4.81. The second-order valence-corrected chi connectivity index (χ2v) is 7.87. The van der Waals surface area contributed by atoms with E-state index in [2.05, 4.69) is 20.6 Å². The van der Waals surface area contributed by atoms with Crippen molar-refractivity contribution in [1.82, 2.24) is 20.0 Å². The van der Waals surface area contributed by atoms with Gasteiger partial charge >= 0.3 is 0 Å². The summed E-state index contributed by atoms with van der Waals surface area (Å²) >= 11 is 3.02. The predicted molar refractivity (Wildman–Crippen MR) is 113 cm³/mol. The largest absolute Gasteiger partial charge is 0.296 e. The van der Waals surface area contributed by atoms with Crippen LogP contribution < -0.4 is 5.32 Å². The van der Waals surface area contributed by atoms with Gasteiger partial charge in [0.1, 0.15) is 5.82 Å². The summed E-state index contributed by atoms with van der Waals surface area (Å²) in [5, 5.41) is 13.1. The third-order valence-corrected chi connectivity index (χ3v) is 5.79. The fourth-order valence-corrected chi connectivity index (χ4v) is 3.87. The number of anilines is 1. The van der Waals surface area contributed by atoms with E-state index in [4.69, 9.17) is 0 Å². The van der Waals surface area contributed by atoms with E-state index in [9.17, 15) is 9.18 Å².